The van der Waals surface area contributed by atoms with Gasteiger partial charge in [-0.25, -0.2) is 0 Å². The van der Waals surface area contributed by atoms with Crippen LogP contribution in [0.5, 0.6) is 0 Å². The fraction of sp³-hybridized carbons (Fsp3) is 0.500. The zero-order valence-electron chi connectivity index (χ0n) is 12.3. The molecule has 1 rings (SSSR count). The third kappa shape index (κ3) is 5.95. The molecule has 0 fully saturated rings. The lowest BCUT2D eigenvalue weighted by Crippen LogP contribution is -2.35. The van der Waals surface area contributed by atoms with Crippen LogP contribution in [0.3, 0.4) is 0 Å². The number of carbonyl (C=O) groups is 3. The van der Waals surface area contributed by atoms with Gasteiger partial charge in [0, 0.05) is 26.1 Å². The van der Waals surface area contributed by atoms with Gasteiger partial charge in [-0.1, -0.05) is 6.07 Å². The molecular weight excluding hydrogens is 292 g/mol. The van der Waals surface area contributed by atoms with Crippen molar-refractivity contribution in [1.29, 1.82) is 0 Å². The van der Waals surface area contributed by atoms with Gasteiger partial charge < -0.3 is 15.0 Å². The number of esters is 1. The Morgan fingerprint density at radius 3 is 2.67 bits per heavy atom. The Kier molecular flexibility index (Phi) is 7.45. The lowest BCUT2D eigenvalue weighted by atomic mass is 10.3. The number of ether oxygens (including phenoxy) is 1. The third-order valence-corrected chi connectivity index (χ3v) is 3.79. The van der Waals surface area contributed by atoms with Crippen LogP contribution < -0.4 is 5.32 Å². The molecule has 116 valence electrons. The van der Waals surface area contributed by atoms with E-state index in [1.165, 1.54) is 18.4 Å². The van der Waals surface area contributed by atoms with Gasteiger partial charge in [0.25, 0.3) is 5.91 Å². The van der Waals surface area contributed by atoms with Crippen LogP contribution in [0.15, 0.2) is 17.5 Å². The van der Waals surface area contributed by atoms with Crippen molar-refractivity contribution in [3.8, 4) is 0 Å². The van der Waals surface area contributed by atoms with Crippen LogP contribution in [-0.2, 0) is 14.3 Å². The Morgan fingerprint density at radius 1 is 1.33 bits per heavy atom. The van der Waals surface area contributed by atoms with E-state index in [9.17, 15) is 14.4 Å². The van der Waals surface area contributed by atoms with Gasteiger partial charge in [-0.2, -0.15) is 0 Å². The largest absolute Gasteiger partial charge is 0.469 e. The predicted octanol–water partition coefficient (Wildman–Crippen LogP) is 1.28. The summed E-state index contributed by atoms with van der Waals surface area (Å²) in [7, 11) is 1.32. The normalized spacial score (nSPS) is 10.0. The summed E-state index contributed by atoms with van der Waals surface area (Å²) in [4.78, 5) is 36.9. The van der Waals surface area contributed by atoms with Crippen LogP contribution in [-0.4, -0.2) is 49.4 Å². The van der Waals surface area contributed by atoms with Crippen LogP contribution >= 0.6 is 11.3 Å². The zero-order valence-corrected chi connectivity index (χ0v) is 13.1. The molecular formula is C14H20N2O4S. The second-order valence-electron chi connectivity index (χ2n) is 4.28. The molecule has 2 amide bonds. The molecule has 0 aliphatic heterocycles. The van der Waals surface area contributed by atoms with Crippen LogP contribution in [0.4, 0.5) is 0 Å². The molecule has 0 unspecified atom stereocenters. The SMILES string of the molecule is CCN(CCC(=O)OC)C(=O)CCNC(=O)c1cccs1. The lowest BCUT2D eigenvalue weighted by molar-refractivity contribution is -0.141. The molecule has 0 aromatic carbocycles. The van der Waals surface area contributed by atoms with Gasteiger partial charge in [-0.05, 0) is 18.4 Å². The van der Waals surface area contributed by atoms with E-state index in [0.29, 0.717) is 18.0 Å². The summed E-state index contributed by atoms with van der Waals surface area (Å²) in [6.07, 6.45) is 0.393. The summed E-state index contributed by atoms with van der Waals surface area (Å²) in [5, 5.41) is 4.53. The van der Waals surface area contributed by atoms with Gasteiger partial charge in [-0.3, -0.25) is 14.4 Å². The zero-order chi connectivity index (χ0) is 15.7. The summed E-state index contributed by atoms with van der Waals surface area (Å²) in [6, 6.07) is 3.53. The van der Waals surface area contributed by atoms with Crippen molar-refractivity contribution in [2.24, 2.45) is 0 Å². The Hall–Kier alpha value is -1.89. The second-order valence-corrected chi connectivity index (χ2v) is 5.23. The van der Waals surface area contributed by atoms with E-state index in [1.54, 1.807) is 17.0 Å². The number of thiophene rings is 1. The molecule has 1 aromatic rings. The van der Waals surface area contributed by atoms with Gasteiger partial charge in [0.2, 0.25) is 5.91 Å². The number of carbonyl (C=O) groups excluding carboxylic acids is 3. The van der Waals surface area contributed by atoms with E-state index in [-0.39, 0.29) is 37.2 Å². The predicted molar refractivity (Wildman–Crippen MR) is 80.2 cm³/mol. The minimum atomic E-state index is -0.341. The standard InChI is InChI=1S/C14H20N2O4S/c1-3-16(9-7-13(18)20-2)12(17)6-8-15-14(19)11-5-4-10-21-11/h4-5,10H,3,6-9H2,1-2H3,(H,15,19). The molecule has 1 heterocycles. The first-order valence-electron chi connectivity index (χ1n) is 6.74. The molecule has 6 nitrogen and oxygen atoms in total. The molecule has 1 aromatic heterocycles. The quantitative estimate of drug-likeness (QED) is 0.734. The van der Waals surface area contributed by atoms with E-state index in [2.05, 4.69) is 10.1 Å². The van der Waals surface area contributed by atoms with Gasteiger partial charge in [0.1, 0.15) is 0 Å². The Morgan fingerprint density at radius 2 is 2.10 bits per heavy atom. The maximum atomic E-state index is 12.0. The average Bonchev–Trinajstić information content (AvgIpc) is 3.01. The van der Waals surface area contributed by atoms with Crippen molar-refractivity contribution in [1.82, 2.24) is 10.2 Å². The molecule has 21 heavy (non-hydrogen) atoms. The van der Waals surface area contributed by atoms with Crippen LogP contribution in [0.2, 0.25) is 0 Å². The highest BCUT2D eigenvalue weighted by Crippen LogP contribution is 2.07. The number of nitrogens with one attached hydrogen (secondary N) is 1. The fourth-order valence-electron chi connectivity index (χ4n) is 1.72. The number of nitrogens with zero attached hydrogens (tertiary/aromatic N) is 1. The molecule has 0 spiro atoms. The van der Waals surface area contributed by atoms with E-state index in [0.717, 1.165) is 0 Å². The van der Waals surface area contributed by atoms with Crippen LogP contribution in [0.1, 0.15) is 29.4 Å². The topological polar surface area (TPSA) is 75.7 Å². The summed E-state index contributed by atoms with van der Waals surface area (Å²) in [6.45, 7) is 2.99. The van der Waals surface area contributed by atoms with Gasteiger partial charge in [0.05, 0.1) is 18.4 Å². The fourth-order valence-corrected chi connectivity index (χ4v) is 2.36. The van der Waals surface area contributed by atoms with Crippen molar-refractivity contribution in [3.63, 3.8) is 0 Å². The van der Waals surface area contributed by atoms with E-state index in [1.807, 2.05) is 12.3 Å². The monoisotopic (exact) mass is 312 g/mol. The van der Waals surface area contributed by atoms with Crippen LogP contribution in [0.25, 0.3) is 0 Å². The van der Waals surface area contributed by atoms with Gasteiger partial charge >= 0.3 is 5.97 Å². The lowest BCUT2D eigenvalue weighted by Gasteiger charge is -2.20. The Bertz CT molecular complexity index is 473. The Balaban J connectivity index is 2.30. The van der Waals surface area contributed by atoms with E-state index >= 15 is 0 Å². The van der Waals surface area contributed by atoms with E-state index in [4.69, 9.17) is 0 Å². The molecule has 0 saturated heterocycles. The summed E-state index contributed by atoms with van der Waals surface area (Å²) >= 11 is 1.36. The van der Waals surface area contributed by atoms with Crippen molar-refractivity contribution >= 4 is 29.1 Å². The summed E-state index contributed by atoms with van der Waals surface area (Å²) in [5.74, 6) is -0.601. The van der Waals surface area contributed by atoms with Crippen molar-refractivity contribution in [2.45, 2.75) is 19.8 Å². The number of rotatable bonds is 8. The minimum Gasteiger partial charge on any atom is -0.469 e. The third-order valence-electron chi connectivity index (χ3n) is 2.92. The molecule has 1 N–H and O–H groups in total. The molecule has 0 atom stereocenters. The smallest absolute Gasteiger partial charge is 0.307 e. The first-order chi connectivity index (χ1) is 10.1. The summed E-state index contributed by atoms with van der Waals surface area (Å²) in [5.41, 5.74) is 0. The first-order valence-corrected chi connectivity index (χ1v) is 7.62. The Labute approximate surface area is 128 Å². The van der Waals surface area contributed by atoms with Gasteiger partial charge in [0.15, 0.2) is 0 Å². The number of hydrogen-bond acceptors (Lipinski definition) is 5. The van der Waals surface area contributed by atoms with E-state index < -0.39 is 0 Å². The highest BCUT2D eigenvalue weighted by atomic mass is 32.1. The minimum absolute atomic E-state index is 0.0899. The number of methoxy groups -OCH3 is 1. The maximum Gasteiger partial charge on any atom is 0.307 e. The first kappa shape index (κ1) is 17.2. The van der Waals surface area contributed by atoms with Crippen LogP contribution in [0, 0.1) is 0 Å². The number of hydrogen-bond donors (Lipinski definition) is 1. The average molecular weight is 312 g/mol. The second kappa shape index (κ2) is 9.12. The van der Waals surface area contributed by atoms with Crippen molar-refractivity contribution in [2.75, 3.05) is 26.7 Å². The molecule has 7 heteroatoms. The molecule has 0 aliphatic carbocycles. The van der Waals surface area contributed by atoms with Crippen molar-refractivity contribution < 1.29 is 19.1 Å². The highest BCUT2D eigenvalue weighted by molar-refractivity contribution is 7.12. The van der Waals surface area contributed by atoms with Crippen molar-refractivity contribution in [3.05, 3.63) is 22.4 Å². The molecule has 0 bridgehead atoms. The highest BCUT2D eigenvalue weighted by Gasteiger charge is 2.14. The maximum absolute atomic E-state index is 12.0. The summed E-state index contributed by atoms with van der Waals surface area (Å²) < 4.78 is 4.55. The molecule has 0 saturated carbocycles. The molecule has 0 radical (unpaired) electrons. The van der Waals surface area contributed by atoms with Gasteiger partial charge in [-0.15, -0.1) is 11.3 Å². The molecule has 0 aliphatic rings. The number of amides is 2.